The Morgan fingerprint density at radius 2 is 1.71 bits per heavy atom. The van der Waals surface area contributed by atoms with Crippen LogP contribution in [0.5, 0.6) is 0 Å². The third kappa shape index (κ3) is 4.44. The van der Waals surface area contributed by atoms with Crippen LogP contribution < -0.4 is 9.80 Å². The molecule has 1 aliphatic rings. The Morgan fingerprint density at radius 3 is 2.50 bits per heavy atom. The van der Waals surface area contributed by atoms with E-state index in [4.69, 9.17) is 0 Å². The maximum atomic E-state index is 14.0. The van der Waals surface area contributed by atoms with E-state index in [0.29, 0.717) is 5.69 Å². The lowest BCUT2D eigenvalue weighted by Gasteiger charge is -2.36. The van der Waals surface area contributed by atoms with Crippen LogP contribution >= 0.6 is 11.8 Å². The lowest BCUT2D eigenvalue weighted by molar-refractivity contribution is 0.595. The summed E-state index contributed by atoms with van der Waals surface area (Å²) in [6.07, 6.45) is 1.64. The van der Waals surface area contributed by atoms with Crippen LogP contribution in [0.1, 0.15) is 11.1 Å². The molecule has 144 valence electrons. The van der Waals surface area contributed by atoms with Gasteiger partial charge < -0.3 is 9.80 Å². The number of para-hydroxylation sites is 1. The standard InChI is InChI=1S/C22H23FN4S/c1-17-5-4-6-18(13-17)15-28-22-14-21(24-16-25-22)27-11-9-26(10-12-27)20-8-3-2-7-19(20)23/h2-8,13-14,16H,9-12,15H2,1H3. The van der Waals surface area contributed by atoms with Gasteiger partial charge in [-0.05, 0) is 24.6 Å². The van der Waals surface area contributed by atoms with Gasteiger partial charge in [0, 0.05) is 38.0 Å². The normalized spacial score (nSPS) is 14.4. The van der Waals surface area contributed by atoms with Crippen molar-refractivity contribution < 1.29 is 4.39 Å². The number of hydrogen-bond acceptors (Lipinski definition) is 5. The van der Waals surface area contributed by atoms with Crippen molar-refractivity contribution in [2.24, 2.45) is 0 Å². The van der Waals surface area contributed by atoms with E-state index in [2.05, 4.69) is 57.0 Å². The maximum absolute atomic E-state index is 14.0. The Hall–Kier alpha value is -2.60. The molecule has 0 saturated carbocycles. The SMILES string of the molecule is Cc1cccc(CSc2cc(N3CCN(c4ccccc4F)CC3)ncn2)c1. The highest BCUT2D eigenvalue weighted by atomic mass is 32.2. The molecular formula is C22H23FN4S. The second-order valence-corrected chi connectivity index (χ2v) is 7.91. The smallest absolute Gasteiger partial charge is 0.146 e. The summed E-state index contributed by atoms with van der Waals surface area (Å²) in [7, 11) is 0. The Labute approximate surface area is 169 Å². The third-order valence-corrected chi connectivity index (χ3v) is 5.89. The highest BCUT2D eigenvalue weighted by Crippen LogP contribution is 2.26. The molecule has 1 saturated heterocycles. The minimum atomic E-state index is -0.159. The predicted octanol–water partition coefficient (Wildman–Crippen LogP) is 4.54. The topological polar surface area (TPSA) is 32.3 Å². The molecule has 1 aromatic heterocycles. The molecular weight excluding hydrogens is 371 g/mol. The zero-order chi connectivity index (χ0) is 19.3. The van der Waals surface area contributed by atoms with Crippen molar-refractivity contribution >= 4 is 23.3 Å². The van der Waals surface area contributed by atoms with E-state index >= 15 is 0 Å². The second kappa shape index (κ2) is 8.61. The van der Waals surface area contributed by atoms with E-state index in [1.54, 1.807) is 24.2 Å². The molecule has 2 heterocycles. The summed E-state index contributed by atoms with van der Waals surface area (Å²) in [6, 6.07) is 17.6. The average Bonchev–Trinajstić information content (AvgIpc) is 2.73. The van der Waals surface area contributed by atoms with Crippen LogP contribution in [-0.4, -0.2) is 36.1 Å². The summed E-state index contributed by atoms with van der Waals surface area (Å²) in [6.45, 7) is 5.28. The van der Waals surface area contributed by atoms with Crippen LogP contribution in [0.4, 0.5) is 15.9 Å². The van der Waals surface area contributed by atoms with Crippen LogP contribution in [0.15, 0.2) is 66.0 Å². The zero-order valence-corrected chi connectivity index (χ0v) is 16.7. The molecule has 1 aliphatic heterocycles. The summed E-state index contributed by atoms with van der Waals surface area (Å²) >= 11 is 1.72. The Kier molecular flexibility index (Phi) is 5.76. The maximum Gasteiger partial charge on any atom is 0.146 e. The van der Waals surface area contributed by atoms with Crippen molar-refractivity contribution in [2.45, 2.75) is 17.7 Å². The van der Waals surface area contributed by atoms with Crippen LogP contribution in [0.25, 0.3) is 0 Å². The van der Waals surface area contributed by atoms with Gasteiger partial charge in [-0.3, -0.25) is 0 Å². The lowest BCUT2D eigenvalue weighted by atomic mass is 10.2. The molecule has 0 aliphatic carbocycles. The van der Waals surface area contributed by atoms with Crippen LogP contribution in [0.3, 0.4) is 0 Å². The van der Waals surface area contributed by atoms with Gasteiger partial charge in [0.25, 0.3) is 0 Å². The fraction of sp³-hybridized carbons (Fsp3) is 0.273. The number of aromatic nitrogens is 2. The number of rotatable bonds is 5. The third-order valence-electron chi connectivity index (χ3n) is 4.89. The monoisotopic (exact) mass is 394 g/mol. The highest BCUT2D eigenvalue weighted by Gasteiger charge is 2.20. The van der Waals surface area contributed by atoms with Crippen LogP contribution in [-0.2, 0) is 5.75 Å². The first kappa shape index (κ1) is 18.7. The van der Waals surface area contributed by atoms with Gasteiger partial charge in [-0.1, -0.05) is 42.0 Å². The minimum Gasteiger partial charge on any atom is -0.366 e. The van der Waals surface area contributed by atoms with Gasteiger partial charge in [-0.15, -0.1) is 11.8 Å². The van der Waals surface area contributed by atoms with Gasteiger partial charge in [0.15, 0.2) is 0 Å². The molecule has 28 heavy (non-hydrogen) atoms. The summed E-state index contributed by atoms with van der Waals surface area (Å²) < 4.78 is 14.0. The number of piperazine rings is 1. The number of nitrogens with zero attached hydrogens (tertiary/aromatic N) is 4. The fourth-order valence-electron chi connectivity index (χ4n) is 3.43. The van der Waals surface area contributed by atoms with Gasteiger partial charge in [-0.25, -0.2) is 14.4 Å². The largest absolute Gasteiger partial charge is 0.366 e. The molecule has 4 nitrogen and oxygen atoms in total. The molecule has 0 amide bonds. The molecule has 0 bridgehead atoms. The lowest BCUT2D eigenvalue weighted by Crippen LogP contribution is -2.47. The van der Waals surface area contributed by atoms with Gasteiger partial charge in [0.05, 0.1) is 5.69 Å². The molecule has 6 heteroatoms. The van der Waals surface area contributed by atoms with Crippen LogP contribution in [0.2, 0.25) is 0 Å². The highest BCUT2D eigenvalue weighted by molar-refractivity contribution is 7.98. The molecule has 0 unspecified atom stereocenters. The molecule has 2 aromatic carbocycles. The molecule has 1 fully saturated rings. The molecule has 0 N–H and O–H groups in total. The first-order chi connectivity index (χ1) is 13.7. The minimum absolute atomic E-state index is 0.159. The van der Waals surface area contributed by atoms with Crippen molar-refractivity contribution in [1.82, 2.24) is 9.97 Å². The van der Waals surface area contributed by atoms with Crippen LogP contribution in [0, 0.1) is 12.7 Å². The Balaban J connectivity index is 1.38. The Bertz CT molecular complexity index is 941. The predicted molar refractivity (Wildman–Crippen MR) is 114 cm³/mol. The van der Waals surface area contributed by atoms with Gasteiger partial charge >= 0.3 is 0 Å². The van der Waals surface area contributed by atoms with E-state index in [9.17, 15) is 4.39 Å². The van der Waals surface area contributed by atoms with E-state index in [1.165, 1.54) is 17.2 Å². The van der Waals surface area contributed by atoms with Crippen molar-refractivity contribution in [1.29, 1.82) is 0 Å². The van der Waals surface area contributed by atoms with Gasteiger partial charge in [-0.2, -0.15) is 0 Å². The number of thioether (sulfide) groups is 1. The van der Waals surface area contributed by atoms with Gasteiger partial charge in [0.1, 0.15) is 23.0 Å². The quantitative estimate of drug-likeness (QED) is 0.468. The number of halogens is 1. The number of hydrogen-bond donors (Lipinski definition) is 0. The molecule has 0 radical (unpaired) electrons. The first-order valence-electron chi connectivity index (χ1n) is 9.44. The van der Waals surface area contributed by atoms with E-state index in [1.807, 2.05) is 12.1 Å². The van der Waals surface area contributed by atoms with Crippen molar-refractivity contribution in [3.8, 4) is 0 Å². The molecule has 0 atom stereocenters. The fourth-order valence-corrected chi connectivity index (χ4v) is 4.23. The molecule has 3 aromatic rings. The van der Waals surface area contributed by atoms with Gasteiger partial charge in [0.2, 0.25) is 0 Å². The molecule has 0 spiro atoms. The van der Waals surface area contributed by atoms with E-state index in [-0.39, 0.29) is 5.82 Å². The van der Waals surface area contributed by atoms with E-state index in [0.717, 1.165) is 42.8 Å². The summed E-state index contributed by atoms with van der Waals surface area (Å²) in [5, 5.41) is 0.975. The van der Waals surface area contributed by atoms with Crippen molar-refractivity contribution in [2.75, 3.05) is 36.0 Å². The summed E-state index contributed by atoms with van der Waals surface area (Å²) in [5.74, 6) is 1.67. The summed E-state index contributed by atoms with van der Waals surface area (Å²) in [4.78, 5) is 13.2. The van der Waals surface area contributed by atoms with E-state index < -0.39 is 0 Å². The first-order valence-corrected chi connectivity index (χ1v) is 10.4. The number of anilines is 2. The number of aryl methyl sites for hydroxylation is 1. The average molecular weight is 395 g/mol. The second-order valence-electron chi connectivity index (χ2n) is 6.92. The van der Waals surface area contributed by atoms with Crippen molar-refractivity contribution in [3.05, 3.63) is 77.9 Å². The zero-order valence-electron chi connectivity index (χ0n) is 15.9. The van der Waals surface area contributed by atoms with Crippen molar-refractivity contribution in [3.63, 3.8) is 0 Å². The number of benzene rings is 2. The Morgan fingerprint density at radius 1 is 0.929 bits per heavy atom. The molecule has 4 rings (SSSR count). The summed E-state index contributed by atoms with van der Waals surface area (Å²) in [5.41, 5.74) is 3.25.